The lowest BCUT2D eigenvalue weighted by molar-refractivity contribution is -0.385. The van der Waals surface area contributed by atoms with E-state index in [4.69, 9.17) is 10.00 Å². The smallest absolute Gasteiger partial charge is 0.341 e. The molecule has 0 N–H and O–H groups in total. The molecular formula is C14H7F3N2O5S. The molecule has 0 aliphatic heterocycles. The molecule has 130 valence electrons. The zero-order valence-electron chi connectivity index (χ0n) is 12.0. The van der Waals surface area contributed by atoms with Crippen molar-refractivity contribution in [3.8, 4) is 17.6 Å². The third kappa shape index (κ3) is 3.53. The number of alkyl halides is 2. The number of ether oxygens (including phenoxy) is 1. The highest BCUT2D eigenvalue weighted by Gasteiger charge is 2.30. The summed E-state index contributed by atoms with van der Waals surface area (Å²) >= 11 is 0. The Kier molecular flexibility index (Phi) is 4.94. The molecular weight excluding hydrogens is 365 g/mol. The van der Waals surface area contributed by atoms with Crippen LogP contribution in [0.25, 0.3) is 0 Å². The molecule has 7 nitrogen and oxygen atoms in total. The molecule has 0 radical (unpaired) electrons. The highest BCUT2D eigenvalue weighted by Crippen LogP contribution is 2.36. The van der Waals surface area contributed by atoms with E-state index in [1.165, 1.54) is 12.1 Å². The number of benzene rings is 2. The van der Waals surface area contributed by atoms with Crippen molar-refractivity contribution in [1.82, 2.24) is 0 Å². The molecule has 0 saturated carbocycles. The van der Waals surface area contributed by atoms with Gasteiger partial charge in [0.05, 0.1) is 9.82 Å². The summed E-state index contributed by atoms with van der Waals surface area (Å²) < 4.78 is 66.6. The molecule has 0 aliphatic rings. The largest absolute Gasteiger partial charge is 0.449 e. The van der Waals surface area contributed by atoms with Gasteiger partial charge in [-0.2, -0.15) is 14.0 Å². The van der Waals surface area contributed by atoms with E-state index in [1.54, 1.807) is 0 Å². The molecule has 0 atom stereocenters. The van der Waals surface area contributed by atoms with Crippen molar-refractivity contribution in [2.75, 3.05) is 0 Å². The average molecular weight is 372 g/mol. The molecule has 25 heavy (non-hydrogen) atoms. The minimum atomic E-state index is -5.05. The summed E-state index contributed by atoms with van der Waals surface area (Å²) in [6.07, 6.45) is 0. The standard InChI is InChI=1S/C14H7F3N2O5S/c15-10-2-1-3-12(9(10)7-18)24-13-5-4-8(6-11(13)19(20)21)25(22,23)14(16)17/h1-6,14H. The SMILES string of the molecule is N#Cc1c(F)cccc1Oc1ccc(S(=O)(=O)C(F)F)cc1[N+](=O)[O-]. The lowest BCUT2D eigenvalue weighted by Crippen LogP contribution is -2.11. The quantitative estimate of drug-likeness (QED) is 0.588. The van der Waals surface area contributed by atoms with Gasteiger partial charge < -0.3 is 4.74 Å². The lowest BCUT2D eigenvalue weighted by atomic mass is 10.2. The number of sulfone groups is 1. The summed E-state index contributed by atoms with van der Waals surface area (Å²) in [6, 6.07) is 6.71. The Balaban J connectivity index is 2.56. The van der Waals surface area contributed by atoms with Crippen LogP contribution in [0.4, 0.5) is 18.9 Å². The second-order valence-corrected chi connectivity index (χ2v) is 6.44. The van der Waals surface area contributed by atoms with Gasteiger partial charge in [0.25, 0.3) is 0 Å². The van der Waals surface area contributed by atoms with Crippen molar-refractivity contribution < 1.29 is 31.2 Å². The van der Waals surface area contributed by atoms with Crippen molar-refractivity contribution in [3.63, 3.8) is 0 Å². The van der Waals surface area contributed by atoms with Gasteiger partial charge in [0.1, 0.15) is 23.2 Å². The molecule has 0 fully saturated rings. The van der Waals surface area contributed by atoms with E-state index < -0.39 is 48.2 Å². The van der Waals surface area contributed by atoms with Crippen molar-refractivity contribution in [2.24, 2.45) is 0 Å². The van der Waals surface area contributed by atoms with Crippen LogP contribution in [-0.4, -0.2) is 19.1 Å². The average Bonchev–Trinajstić information content (AvgIpc) is 2.55. The van der Waals surface area contributed by atoms with Crippen LogP contribution in [0.15, 0.2) is 41.3 Å². The number of hydrogen-bond acceptors (Lipinski definition) is 6. The van der Waals surface area contributed by atoms with Gasteiger partial charge in [0.15, 0.2) is 0 Å². The van der Waals surface area contributed by atoms with Gasteiger partial charge >= 0.3 is 11.4 Å². The Labute approximate surface area is 138 Å². The van der Waals surface area contributed by atoms with E-state index >= 15 is 0 Å². The van der Waals surface area contributed by atoms with Crippen LogP contribution in [-0.2, 0) is 9.84 Å². The van der Waals surface area contributed by atoms with Gasteiger partial charge in [0, 0.05) is 6.07 Å². The first kappa shape index (κ1) is 18.2. The van der Waals surface area contributed by atoms with Crippen molar-refractivity contribution >= 4 is 15.5 Å². The van der Waals surface area contributed by atoms with Gasteiger partial charge in [-0.15, -0.1) is 0 Å². The van der Waals surface area contributed by atoms with Gasteiger partial charge in [-0.25, -0.2) is 12.8 Å². The monoisotopic (exact) mass is 372 g/mol. The summed E-state index contributed by atoms with van der Waals surface area (Å²) in [4.78, 5) is 9.07. The van der Waals surface area contributed by atoms with Crippen LogP contribution < -0.4 is 4.74 Å². The summed E-state index contributed by atoms with van der Waals surface area (Å²) in [7, 11) is -5.05. The zero-order valence-corrected chi connectivity index (χ0v) is 12.8. The Morgan fingerprint density at radius 2 is 1.88 bits per heavy atom. The van der Waals surface area contributed by atoms with Gasteiger partial charge in [-0.1, -0.05) is 6.07 Å². The highest BCUT2D eigenvalue weighted by molar-refractivity contribution is 7.91. The van der Waals surface area contributed by atoms with Crippen molar-refractivity contribution in [3.05, 3.63) is 57.9 Å². The fourth-order valence-electron chi connectivity index (χ4n) is 1.82. The summed E-state index contributed by atoms with van der Waals surface area (Å²) in [5, 5.41) is 20.0. The molecule has 0 bridgehead atoms. The highest BCUT2D eigenvalue weighted by atomic mass is 32.2. The number of nitro benzene ring substituents is 1. The van der Waals surface area contributed by atoms with E-state index in [9.17, 15) is 31.7 Å². The normalized spacial score (nSPS) is 11.2. The minimum Gasteiger partial charge on any atom is -0.449 e. The fraction of sp³-hybridized carbons (Fsp3) is 0.0714. The van der Waals surface area contributed by atoms with Crippen molar-refractivity contribution in [2.45, 2.75) is 10.7 Å². The number of rotatable bonds is 5. The van der Waals surface area contributed by atoms with Crippen molar-refractivity contribution in [1.29, 1.82) is 5.26 Å². The van der Waals surface area contributed by atoms with Crippen LogP contribution in [0.5, 0.6) is 11.5 Å². The molecule has 0 aromatic heterocycles. The van der Waals surface area contributed by atoms with Crippen LogP contribution in [0.2, 0.25) is 0 Å². The summed E-state index contributed by atoms with van der Waals surface area (Å²) in [5.74, 6) is -5.58. The second kappa shape index (κ2) is 6.78. The molecule has 0 amide bonds. The van der Waals surface area contributed by atoms with E-state index in [1.807, 2.05) is 0 Å². The topological polar surface area (TPSA) is 110 Å². The first-order valence-electron chi connectivity index (χ1n) is 6.35. The molecule has 11 heteroatoms. The maximum Gasteiger partial charge on any atom is 0.341 e. The third-order valence-electron chi connectivity index (χ3n) is 3.00. The number of nitrogens with zero attached hydrogens (tertiary/aromatic N) is 2. The maximum absolute atomic E-state index is 13.5. The Morgan fingerprint density at radius 1 is 1.20 bits per heavy atom. The molecule has 2 aromatic rings. The van der Waals surface area contributed by atoms with Crippen LogP contribution >= 0.6 is 0 Å². The van der Waals surface area contributed by atoms with Crippen LogP contribution in [0.1, 0.15) is 5.56 Å². The Morgan fingerprint density at radius 3 is 2.44 bits per heavy atom. The Bertz CT molecular complexity index is 986. The second-order valence-electron chi connectivity index (χ2n) is 4.52. The molecule has 0 spiro atoms. The van der Waals surface area contributed by atoms with Gasteiger partial charge in [-0.3, -0.25) is 10.1 Å². The van der Waals surface area contributed by atoms with E-state index in [-0.39, 0.29) is 5.75 Å². The van der Waals surface area contributed by atoms with Gasteiger partial charge in [-0.05, 0) is 24.3 Å². The predicted molar refractivity (Wildman–Crippen MR) is 77.5 cm³/mol. The first-order chi connectivity index (χ1) is 11.7. The summed E-state index contributed by atoms with van der Waals surface area (Å²) in [6.45, 7) is 0. The number of nitro groups is 1. The molecule has 0 aliphatic carbocycles. The van der Waals surface area contributed by atoms with E-state index in [0.29, 0.717) is 12.1 Å². The predicted octanol–water partition coefficient (Wildman–Crippen LogP) is 3.39. The lowest BCUT2D eigenvalue weighted by Gasteiger charge is -2.09. The number of halogens is 3. The molecule has 0 unspecified atom stereocenters. The number of nitriles is 1. The number of hydrogen-bond donors (Lipinski definition) is 0. The van der Waals surface area contributed by atoms with Gasteiger partial charge in [0.2, 0.25) is 15.6 Å². The molecule has 2 aromatic carbocycles. The zero-order chi connectivity index (χ0) is 18.8. The van der Waals surface area contributed by atoms with E-state index in [0.717, 1.165) is 18.2 Å². The van der Waals surface area contributed by atoms with Crippen LogP contribution in [0.3, 0.4) is 0 Å². The minimum absolute atomic E-state index is 0.352. The Hall–Kier alpha value is -3.13. The fourth-order valence-corrected chi connectivity index (χ4v) is 2.56. The maximum atomic E-state index is 13.5. The van der Waals surface area contributed by atoms with E-state index in [2.05, 4.69) is 0 Å². The van der Waals surface area contributed by atoms with Crippen LogP contribution in [0, 0.1) is 27.3 Å². The molecule has 0 heterocycles. The molecule has 2 rings (SSSR count). The summed E-state index contributed by atoms with van der Waals surface area (Å²) in [5.41, 5.74) is -1.46. The first-order valence-corrected chi connectivity index (χ1v) is 7.90. The third-order valence-corrected chi connectivity index (χ3v) is 4.38. The molecule has 0 saturated heterocycles.